The number of likely N-dealkylation sites (tertiary alicyclic amines) is 1. The van der Waals surface area contributed by atoms with E-state index in [0.717, 1.165) is 17.4 Å². The highest BCUT2D eigenvalue weighted by molar-refractivity contribution is 7.21. The van der Waals surface area contributed by atoms with E-state index in [-0.39, 0.29) is 24.7 Å². The number of amides is 1. The van der Waals surface area contributed by atoms with Crippen LogP contribution in [-0.4, -0.2) is 74.5 Å². The number of halogens is 1. The predicted octanol–water partition coefficient (Wildman–Crippen LogP) is 3.77. The third-order valence-corrected chi connectivity index (χ3v) is 9.96. The molecule has 45 heavy (non-hydrogen) atoms. The van der Waals surface area contributed by atoms with Crippen molar-refractivity contribution in [2.24, 2.45) is 0 Å². The molecule has 0 radical (unpaired) electrons. The molecule has 4 aromatic rings. The predicted molar refractivity (Wildman–Crippen MR) is 166 cm³/mol. The molecule has 0 spiro atoms. The number of carbonyl (C=O) groups excluding carboxylic acids is 1. The van der Waals surface area contributed by atoms with Crippen LogP contribution in [0.3, 0.4) is 0 Å². The number of fused-ring (bicyclic) bond motifs is 1. The fourth-order valence-corrected chi connectivity index (χ4v) is 7.29. The highest BCUT2D eigenvalue weighted by Gasteiger charge is 2.37. The molecule has 2 aliphatic rings. The summed E-state index contributed by atoms with van der Waals surface area (Å²) in [6.07, 6.45) is 5.80. The number of ether oxygens (including phenoxy) is 3. The van der Waals surface area contributed by atoms with E-state index in [9.17, 15) is 18.8 Å². The first-order chi connectivity index (χ1) is 21.7. The number of benzene rings is 1. The van der Waals surface area contributed by atoms with Crippen LogP contribution in [0.2, 0.25) is 0 Å². The van der Waals surface area contributed by atoms with E-state index in [4.69, 9.17) is 14.2 Å². The molecule has 0 N–H and O–H groups in total. The molecule has 1 aromatic carbocycles. The van der Waals surface area contributed by atoms with E-state index in [2.05, 4.69) is 17.1 Å². The molecule has 14 heteroatoms. The van der Waals surface area contributed by atoms with E-state index in [0.29, 0.717) is 64.5 Å². The normalized spacial score (nSPS) is 20.6. The minimum absolute atomic E-state index is 0.0596. The van der Waals surface area contributed by atoms with Gasteiger partial charge in [-0.25, -0.2) is 13.8 Å². The number of aromatic nitrogens is 5. The van der Waals surface area contributed by atoms with Crippen molar-refractivity contribution in [3.05, 3.63) is 68.4 Å². The monoisotopic (exact) mass is 640 g/mol. The molecule has 240 valence electrons. The van der Waals surface area contributed by atoms with Crippen LogP contribution < -0.4 is 16.0 Å². The minimum Gasteiger partial charge on any atom is -0.496 e. The first kappa shape index (κ1) is 31.1. The number of unbranched alkanes of at least 4 members (excludes halogenated alkanes) is 1. The van der Waals surface area contributed by atoms with Gasteiger partial charge in [0.15, 0.2) is 0 Å². The maximum absolute atomic E-state index is 14.7. The Morgan fingerprint density at radius 2 is 1.89 bits per heavy atom. The maximum atomic E-state index is 14.7. The molecule has 0 unspecified atom stereocenters. The number of methoxy groups -OCH3 is 1. The third-order valence-electron chi connectivity index (χ3n) is 8.68. The van der Waals surface area contributed by atoms with Crippen LogP contribution >= 0.6 is 11.3 Å². The maximum Gasteiger partial charge on any atom is 0.332 e. The highest BCUT2D eigenvalue weighted by Crippen LogP contribution is 2.38. The van der Waals surface area contributed by atoms with Gasteiger partial charge in [0.1, 0.15) is 33.5 Å². The Balaban J connectivity index is 1.47. The SMILES string of the molecule is CCCCOC1CC(O[C@@H](Cn2c(=O)n([C@@H]3CCN(C)C3=O)c(=O)c3c(C)c(-n4nccn4)sc32)c2cc(F)ccc2OC)C1. The Labute approximate surface area is 262 Å². The molecular formula is C31H37FN6O6S. The quantitative estimate of drug-likeness (QED) is 0.215. The topological polar surface area (TPSA) is 123 Å². The molecule has 1 aliphatic heterocycles. The van der Waals surface area contributed by atoms with E-state index < -0.39 is 29.2 Å². The van der Waals surface area contributed by atoms with Gasteiger partial charge in [-0.2, -0.15) is 10.2 Å². The largest absolute Gasteiger partial charge is 0.496 e. The summed E-state index contributed by atoms with van der Waals surface area (Å²) in [5.74, 6) is -0.370. The smallest absolute Gasteiger partial charge is 0.332 e. The Kier molecular flexibility index (Phi) is 8.89. The molecule has 2 atom stereocenters. The van der Waals surface area contributed by atoms with Crippen molar-refractivity contribution in [2.75, 3.05) is 27.3 Å². The number of rotatable bonds is 12. The van der Waals surface area contributed by atoms with Gasteiger partial charge in [-0.3, -0.25) is 14.2 Å². The van der Waals surface area contributed by atoms with Crippen molar-refractivity contribution in [1.82, 2.24) is 29.0 Å². The average Bonchev–Trinajstić information content (AvgIpc) is 3.73. The van der Waals surface area contributed by atoms with Gasteiger partial charge in [-0.1, -0.05) is 24.7 Å². The molecule has 12 nitrogen and oxygen atoms in total. The lowest BCUT2D eigenvalue weighted by molar-refractivity contribution is -0.130. The van der Waals surface area contributed by atoms with E-state index in [1.807, 2.05) is 0 Å². The Hall–Kier alpha value is -3.88. The Bertz CT molecular complexity index is 1810. The number of likely N-dealkylation sites (N-methyl/N-ethyl adjacent to an activating group) is 1. The second-order valence-electron chi connectivity index (χ2n) is 11.6. The summed E-state index contributed by atoms with van der Waals surface area (Å²) in [4.78, 5) is 44.8. The van der Waals surface area contributed by atoms with E-state index in [1.54, 1.807) is 14.0 Å². The van der Waals surface area contributed by atoms with Gasteiger partial charge in [0, 0.05) is 31.3 Å². The number of nitrogens with zero attached hydrogens (tertiary/aromatic N) is 6. The second-order valence-corrected chi connectivity index (χ2v) is 12.6. The summed E-state index contributed by atoms with van der Waals surface area (Å²) in [7, 11) is 3.15. The standard InChI is InChI=1S/C31H37FN6O6S/c1-5-6-13-43-20-15-21(16-20)44-25(22-14-19(32)7-8-24(22)42-4)17-36-30-26(18(2)29(45-30)38-33-10-11-34-38)28(40)37(31(36)41)23-9-12-35(3)27(23)39/h7-8,10-11,14,20-21,23,25H,5-6,9,12-13,15-17H2,1-4H3/t20?,21?,23-,25+/m1/s1. The van der Waals surface area contributed by atoms with Gasteiger partial charge in [-0.05, 0) is 50.8 Å². The highest BCUT2D eigenvalue weighted by atomic mass is 32.1. The zero-order valence-electron chi connectivity index (χ0n) is 25.8. The van der Waals surface area contributed by atoms with Gasteiger partial charge < -0.3 is 19.1 Å². The number of hydrogen-bond acceptors (Lipinski definition) is 9. The van der Waals surface area contributed by atoms with Gasteiger partial charge in [0.05, 0.1) is 43.6 Å². The van der Waals surface area contributed by atoms with Crippen LogP contribution in [0, 0.1) is 12.7 Å². The molecule has 1 saturated carbocycles. The van der Waals surface area contributed by atoms with Gasteiger partial charge in [0.2, 0.25) is 5.91 Å². The summed E-state index contributed by atoms with van der Waals surface area (Å²) in [6, 6.07) is 3.25. The second kappa shape index (κ2) is 12.9. The van der Waals surface area contributed by atoms with Crippen LogP contribution in [0.5, 0.6) is 5.75 Å². The lowest BCUT2D eigenvalue weighted by Crippen LogP contribution is -2.45. The zero-order chi connectivity index (χ0) is 31.8. The first-order valence-corrected chi connectivity index (χ1v) is 16.0. The van der Waals surface area contributed by atoms with Crippen LogP contribution in [0.1, 0.15) is 62.3 Å². The first-order valence-electron chi connectivity index (χ1n) is 15.2. The fourth-order valence-electron chi connectivity index (χ4n) is 6.07. The van der Waals surface area contributed by atoms with Crippen LogP contribution in [-0.2, 0) is 20.8 Å². The molecule has 2 fully saturated rings. The summed E-state index contributed by atoms with van der Waals surface area (Å²) in [5, 5.41) is 9.35. The van der Waals surface area contributed by atoms with Crippen molar-refractivity contribution >= 4 is 27.5 Å². The van der Waals surface area contributed by atoms with Gasteiger partial charge in [-0.15, -0.1) is 4.80 Å². The average molecular weight is 641 g/mol. The lowest BCUT2D eigenvalue weighted by Gasteiger charge is -2.37. The van der Waals surface area contributed by atoms with Crippen molar-refractivity contribution < 1.29 is 23.4 Å². The van der Waals surface area contributed by atoms with Gasteiger partial charge in [0.25, 0.3) is 5.56 Å². The Morgan fingerprint density at radius 3 is 2.56 bits per heavy atom. The molecule has 1 saturated heterocycles. The van der Waals surface area contributed by atoms with E-state index >= 15 is 0 Å². The van der Waals surface area contributed by atoms with Crippen molar-refractivity contribution in [3.63, 3.8) is 0 Å². The number of thiophene rings is 1. The minimum atomic E-state index is -0.938. The fraction of sp³-hybridized carbons (Fsp3) is 0.516. The van der Waals surface area contributed by atoms with Gasteiger partial charge >= 0.3 is 5.69 Å². The molecular weight excluding hydrogens is 603 g/mol. The van der Waals surface area contributed by atoms with Crippen molar-refractivity contribution in [1.29, 1.82) is 0 Å². The van der Waals surface area contributed by atoms with Crippen molar-refractivity contribution in [3.8, 4) is 10.8 Å². The Morgan fingerprint density at radius 1 is 1.13 bits per heavy atom. The summed E-state index contributed by atoms with van der Waals surface area (Å²) in [5.41, 5.74) is -0.159. The summed E-state index contributed by atoms with van der Waals surface area (Å²) < 4.78 is 35.4. The van der Waals surface area contributed by atoms with Crippen LogP contribution in [0.15, 0.2) is 40.2 Å². The van der Waals surface area contributed by atoms with Crippen LogP contribution in [0.25, 0.3) is 15.2 Å². The number of carbonyl (C=O) groups is 1. The number of aryl methyl sites for hydroxylation is 1. The van der Waals surface area contributed by atoms with Crippen molar-refractivity contribution in [2.45, 2.75) is 76.9 Å². The number of hydrogen-bond donors (Lipinski definition) is 0. The molecule has 6 rings (SSSR count). The molecule has 1 aliphatic carbocycles. The van der Waals surface area contributed by atoms with E-state index in [1.165, 1.54) is 63.3 Å². The molecule has 3 aromatic heterocycles. The molecule has 4 heterocycles. The summed E-state index contributed by atoms with van der Waals surface area (Å²) in [6.45, 7) is 4.94. The third kappa shape index (κ3) is 5.82. The van der Waals surface area contributed by atoms with Crippen LogP contribution in [0.4, 0.5) is 4.39 Å². The molecule has 1 amide bonds. The lowest BCUT2D eigenvalue weighted by atomic mass is 9.91. The zero-order valence-corrected chi connectivity index (χ0v) is 26.6. The molecule has 0 bridgehead atoms. The summed E-state index contributed by atoms with van der Waals surface area (Å²) >= 11 is 1.20.